The van der Waals surface area contributed by atoms with Crippen molar-refractivity contribution in [3.8, 4) is 0 Å². The first-order valence-electron chi connectivity index (χ1n) is 7.33. The van der Waals surface area contributed by atoms with E-state index in [1.807, 2.05) is 20.8 Å². The van der Waals surface area contributed by atoms with E-state index in [0.717, 1.165) is 25.0 Å². The summed E-state index contributed by atoms with van der Waals surface area (Å²) >= 11 is 0. The Morgan fingerprint density at radius 1 is 1.27 bits per heavy atom. The Balaban J connectivity index is 2.24. The fourth-order valence-corrected chi connectivity index (χ4v) is 3.20. The van der Waals surface area contributed by atoms with Crippen molar-refractivity contribution in [3.05, 3.63) is 29.6 Å². The smallest absolute Gasteiger partial charge is 0.251 e. The summed E-state index contributed by atoms with van der Waals surface area (Å²) in [6, 6.07) is 3.19. The van der Waals surface area contributed by atoms with Gasteiger partial charge in [0.2, 0.25) is 10.0 Å². The molecule has 2 rings (SSSR count). The molecule has 1 amide bonds. The molecule has 22 heavy (non-hydrogen) atoms. The molecular formula is C15H21FN2O3S. The zero-order valence-electron chi connectivity index (χ0n) is 12.9. The Labute approximate surface area is 130 Å². The lowest BCUT2D eigenvalue weighted by molar-refractivity contribution is 0.0930. The highest BCUT2D eigenvalue weighted by atomic mass is 32.2. The number of hydrogen-bond donors (Lipinski definition) is 2. The molecule has 1 aromatic rings. The molecule has 1 aliphatic rings. The van der Waals surface area contributed by atoms with Gasteiger partial charge in [-0.3, -0.25) is 4.79 Å². The Morgan fingerprint density at radius 2 is 1.91 bits per heavy atom. The van der Waals surface area contributed by atoms with Crippen molar-refractivity contribution in [3.63, 3.8) is 0 Å². The Hall–Kier alpha value is -1.47. The minimum absolute atomic E-state index is 0.0674. The second-order valence-corrected chi connectivity index (χ2v) is 7.73. The topological polar surface area (TPSA) is 75.3 Å². The number of amides is 1. The van der Waals surface area contributed by atoms with Gasteiger partial charge in [0, 0.05) is 17.6 Å². The first kappa shape index (κ1) is 16.9. The van der Waals surface area contributed by atoms with Crippen molar-refractivity contribution in [1.82, 2.24) is 10.0 Å². The number of benzene rings is 1. The predicted molar refractivity (Wildman–Crippen MR) is 81.5 cm³/mol. The lowest BCUT2D eigenvalue weighted by Crippen LogP contribution is -2.36. The van der Waals surface area contributed by atoms with Crippen LogP contribution in [0.15, 0.2) is 23.1 Å². The molecule has 0 saturated heterocycles. The van der Waals surface area contributed by atoms with Gasteiger partial charge in [-0.15, -0.1) is 0 Å². The molecule has 0 bridgehead atoms. The number of carbonyl (C=O) groups is 1. The van der Waals surface area contributed by atoms with E-state index in [1.54, 1.807) is 0 Å². The van der Waals surface area contributed by atoms with Crippen LogP contribution in [0.3, 0.4) is 0 Å². The van der Waals surface area contributed by atoms with Crippen molar-refractivity contribution in [2.45, 2.75) is 50.6 Å². The zero-order chi connectivity index (χ0) is 16.5. The second-order valence-electron chi connectivity index (χ2n) is 6.05. The van der Waals surface area contributed by atoms with Gasteiger partial charge >= 0.3 is 0 Å². The molecule has 1 saturated carbocycles. The van der Waals surface area contributed by atoms with Crippen LogP contribution in [0, 0.1) is 11.7 Å². The first-order chi connectivity index (χ1) is 10.2. The van der Waals surface area contributed by atoms with Crippen LogP contribution in [0.25, 0.3) is 0 Å². The van der Waals surface area contributed by atoms with Crippen LogP contribution in [-0.2, 0) is 10.0 Å². The van der Waals surface area contributed by atoms with Crippen LogP contribution in [0.2, 0.25) is 0 Å². The molecule has 7 heteroatoms. The molecule has 1 unspecified atom stereocenters. The Kier molecular flexibility index (Phi) is 4.87. The molecule has 0 spiro atoms. The quantitative estimate of drug-likeness (QED) is 0.839. The van der Waals surface area contributed by atoms with Crippen LogP contribution >= 0.6 is 0 Å². The maximum absolute atomic E-state index is 13.8. The average molecular weight is 328 g/mol. The second kappa shape index (κ2) is 6.34. The lowest BCUT2D eigenvalue weighted by atomic mass is 10.1. The van der Waals surface area contributed by atoms with Crippen molar-refractivity contribution in [1.29, 1.82) is 0 Å². The average Bonchev–Trinajstić information content (AvgIpc) is 3.21. The molecule has 5 nitrogen and oxygen atoms in total. The SMILES string of the molecule is CC(C)C(C)NC(=O)c1ccc(F)c(S(=O)(=O)NC2CC2)c1. The highest BCUT2D eigenvalue weighted by molar-refractivity contribution is 7.89. The van der Waals surface area contributed by atoms with Crippen LogP contribution in [0.5, 0.6) is 0 Å². The molecular weight excluding hydrogens is 307 g/mol. The summed E-state index contributed by atoms with van der Waals surface area (Å²) in [5.74, 6) is -1.03. The summed E-state index contributed by atoms with van der Waals surface area (Å²) in [7, 11) is -3.93. The van der Waals surface area contributed by atoms with Gasteiger partial charge in [0.1, 0.15) is 10.7 Å². The molecule has 1 atom stereocenters. The number of hydrogen-bond acceptors (Lipinski definition) is 3. The van der Waals surface area contributed by atoms with E-state index in [-0.39, 0.29) is 23.6 Å². The van der Waals surface area contributed by atoms with Gasteiger partial charge in [-0.05, 0) is 43.9 Å². The van der Waals surface area contributed by atoms with Crippen molar-refractivity contribution in [2.24, 2.45) is 5.92 Å². The summed E-state index contributed by atoms with van der Waals surface area (Å²) < 4.78 is 40.5. The minimum atomic E-state index is -3.93. The number of sulfonamides is 1. The monoisotopic (exact) mass is 328 g/mol. The van der Waals surface area contributed by atoms with Crippen molar-refractivity contribution < 1.29 is 17.6 Å². The van der Waals surface area contributed by atoms with Crippen LogP contribution < -0.4 is 10.0 Å². The van der Waals surface area contributed by atoms with E-state index in [2.05, 4.69) is 10.0 Å². The zero-order valence-corrected chi connectivity index (χ0v) is 13.7. The third kappa shape index (κ3) is 4.04. The van der Waals surface area contributed by atoms with E-state index >= 15 is 0 Å². The minimum Gasteiger partial charge on any atom is -0.349 e. The number of carbonyl (C=O) groups excluding carboxylic acids is 1. The molecule has 0 aromatic heterocycles. The Bertz CT molecular complexity index is 669. The molecule has 2 N–H and O–H groups in total. The maximum Gasteiger partial charge on any atom is 0.251 e. The molecule has 1 fully saturated rings. The lowest BCUT2D eigenvalue weighted by Gasteiger charge is -2.17. The molecule has 1 aromatic carbocycles. The number of rotatable bonds is 6. The summed E-state index contributed by atoms with van der Waals surface area (Å²) in [4.78, 5) is 11.7. The largest absolute Gasteiger partial charge is 0.349 e. The fourth-order valence-electron chi connectivity index (χ4n) is 1.79. The van der Waals surface area contributed by atoms with Gasteiger partial charge < -0.3 is 5.32 Å². The number of halogens is 1. The highest BCUT2D eigenvalue weighted by Gasteiger charge is 2.30. The standard InChI is InChI=1S/C15H21FN2O3S/c1-9(2)10(3)17-15(19)11-4-7-13(16)14(8-11)22(20,21)18-12-5-6-12/h4,7-10,12,18H,5-6H2,1-3H3,(H,17,19). The normalized spacial score (nSPS) is 16.6. The van der Waals surface area contributed by atoms with E-state index in [1.165, 1.54) is 6.07 Å². The summed E-state index contributed by atoms with van der Waals surface area (Å²) in [6.45, 7) is 5.79. The predicted octanol–water partition coefficient (Wildman–Crippen LogP) is 2.04. The van der Waals surface area contributed by atoms with Gasteiger partial charge in [0.05, 0.1) is 0 Å². The van der Waals surface area contributed by atoms with Gasteiger partial charge in [0.25, 0.3) is 5.91 Å². The van der Waals surface area contributed by atoms with Gasteiger partial charge in [-0.2, -0.15) is 0 Å². The van der Waals surface area contributed by atoms with Gasteiger partial charge in [-0.1, -0.05) is 13.8 Å². The molecule has 0 radical (unpaired) electrons. The first-order valence-corrected chi connectivity index (χ1v) is 8.82. The van der Waals surface area contributed by atoms with Gasteiger partial charge in [-0.25, -0.2) is 17.5 Å². The van der Waals surface area contributed by atoms with Crippen LogP contribution in [-0.4, -0.2) is 26.4 Å². The maximum atomic E-state index is 13.8. The molecule has 0 heterocycles. The van der Waals surface area contributed by atoms with E-state index in [0.29, 0.717) is 0 Å². The highest BCUT2D eigenvalue weighted by Crippen LogP contribution is 2.24. The van der Waals surface area contributed by atoms with E-state index < -0.39 is 26.6 Å². The molecule has 122 valence electrons. The Morgan fingerprint density at radius 3 is 2.45 bits per heavy atom. The summed E-state index contributed by atoms with van der Waals surface area (Å²) in [5.41, 5.74) is 0.130. The summed E-state index contributed by atoms with van der Waals surface area (Å²) in [5, 5.41) is 2.77. The van der Waals surface area contributed by atoms with Crippen molar-refractivity contribution in [2.75, 3.05) is 0 Å². The van der Waals surface area contributed by atoms with Crippen LogP contribution in [0.4, 0.5) is 4.39 Å². The van der Waals surface area contributed by atoms with Crippen molar-refractivity contribution >= 4 is 15.9 Å². The van der Waals surface area contributed by atoms with Crippen LogP contribution in [0.1, 0.15) is 44.0 Å². The van der Waals surface area contributed by atoms with Gasteiger partial charge in [0.15, 0.2) is 0 Å². The van der Waals surface area contributed by atoms with E-state index in [9.17, 15) is 17.6 Å². The summed E-state index contributed by atoms with van der Waals surface area (Å²) in [6.07, 6.45) is 1.51. The fraction of sp³-hybridized carbons (Fsp3) is 0.533. The molecule has 0 aliphatic heterocycles. The number of nitrogens with one attached hydrogen (secondary N) is 2. The third-order valence-electron chi connectivity index (χ3n) is 3.74. The molecule has 1 aliphatic carbocycles. The third-order valence-corrected chi connectivity index (χ3v) is 5.28. The van der Waals surface area contributed by atoms with E-state index in [4.69, 9.17) is 0 Å².